The van der Waals surface area contributed by atoms with E-state index < -0.39 is 0 Å². The Balaban J connectivity index is 1.97. The lowest BCUT2D eigenvalue weighted by molar-refractivity contribution is 0.791. The number of pyridine rings is 1. The van der Waals surface area contributed by atoms with Crippen molar-refractivity contribution in [1.82, 2.24) is 14.2 Å². The van der Waals surface area contributed by atoms with Crippen molar-refractivity contribution in [3.05, 3.63) is 52.4 Å². The Morgan fingerprint density at radius 3 is 3.00 bits per heavy atom. The summed E-state index contributed by atoms with van der Waals surface area (Å²) in [5, 5.41) is 9.27. The van der Waals surface area contributed by atoms with Gasteiger partial charge < -0.3 is 9.88 Å². The number of nitrogens with one attached hydrogen (secondary N) is 1. The van der Waals surface area contributed by atoms with E-state index in [-0.39, 0.29) is 5.43 Å². The van der Waals surface area contributed by atoms with Gasteiger partial charge in [-0.25, -0.2) is 0 Å². The van der Waals surface area contributed by atoms with Gasteiger partial charge in [0.15, 0.2) is 5.43 Å². The Bertz CT molecular complexity index is 809. The molecule has 0 saturated heterocycles. The quantitative estimate of drug-likeness (QED) is 0.787. The molecule has 0 fully saturated rings. The van der Waals surface area contributed by atoms with Gasteiger partial charge >= 0.3 is 0 Å². The Morgan fingerprint density at radius 1 is 1.29 bits per heavy atom. The average molecular weight is 300 g/mol. The number of anilines is 1. The van der Waals surface area contributed by atoms with E-state index in [1.807, 2.05) is 35.0 Å². The van der Waals surface area contributed by atoms with Crippen LogP contribution in [-0.4, -0.2) is 20.7 Å². The summed E-state index contributed by atoms with van der Waals surface area (Å²) in [6, 6.07) is 9.22. The fourth-order valence-corrected chi connectivity index (χ4v) is 2.84. The Hall–Kier alpha value is -2.21. The Kier molecular flexibility index (Phi) is 3.96. The maximum absolute atomic E-state index is 11.9. The van der Waals surface area contributed by atoms with E-state index in [9.17, 15) is 4.79 Å². The highest BCUT2D eigenvalue weighted by Crippen LogP contribution is 2.20. The lowest BCUT2D eigenvalue weighted by Crippen LogP contribution is -2.10. The lowest BCUT2D eigenvalue weighted by Gasteiger charge is -2.10. The first-order chi connectivity index (χ1) is 10.3. The third-order valence-electron chi connectivity index (χ3n) is 3.30. The van der Waals surface area contributed by atoms with E-state index in [4.69, 9.17) is 0 Å². The monoisotopic (exact) mass is 300 g/mol. The first-order valence-corrected chi connectivity index (χ1v) is 7.70. The highest BCUT2D eigenvalue weighted by molar-refractivity contribution is 7.10. The summed E-state index contributed by atoms with van der Waals surface area (Å²) in [6.07, 6.45) is 2.87. The second-order valence-electron chi connectivity index (χ2n) is 4.80. The predicted octanol–water partition coefficient (Wildman–Crippen LogP) is 2.72. The van der Waals surface area contributed by atoms with Crippen LogP contribution < -0.4 is 10.7 Å². The molecule has 1 aromatic carbocycles. The number of fused-ring (bicyclic) bond motifs is 1. The molecule has 108 valence electrons. The summed E-state index contributed by atoms with van der Waals surface area (Å²) in [7, 11) is 0. The molecule has 0 radical (unpaired) electrons. The van der Waals surface area contributed by atoms with Crippen LogP contribution in [0.15, 0.2) is 41.3 Å². The van der Waals surface area contributed by atoms with Crippen molar-refractivity contribution >= 4 is 27.4 Å². The van der Waals surface area contributed by atoms with Crippen LogP contribution >= 0.6 is 11.5 Å². The molecule has 21 heavy (non-hydrogen) atoms. The van der Waals surface area contributed by atoms with Gasteiger partial charge in [0.1, 0.15) is 10.7 Å². The molecule has 0 saturated carbocycles. The van der Waals surface area contributed by atoms with Crippen LogP contribution in [-0.2, 0) is 6.54 Å². The molecule has 3 aromatic rings. The number of aromatic nitrogens is 3. The summed E-state index contributed by atoms with van der Waals surface area (Å²) in [5.41, 5.74) is 1.87. The normalized spacial score (nSPS) is 10.9. The number of rotatable bonds is 5. The molecule has 6 heteroatoms. The van der Waals surface area contributed by atoms with Gasteiger partial charge in [-0.3, -0.25) is 4.79 Å². The van der Waals surface area contributed by atoms with E-state index in [1.54, 1.807) is 6.07 Å². The molecule has 0 unspecified atom stereocenters. The number of para-hydroxylation sites is 1. The molecule has 1 N–H and O–H groups in total. The van der Waals surface area contributed by atoms with Gasteiger partial charge in [-0.05, 0) is 18.6 Å². The number of hydrogen-bond donors (Lipinski definition) is 1. The maximum Gasteiger partial charge on any atom is 0.189 e. The molecule has 0 atom stereocenters. The van der Waals surface area contributed by atoms with Crippen molar-refractivity contribution in [2.75, 3.05) is 11.9 Å². The topological polar surface area (TPSA) is 59.8 Å². The number of nitrogens with zero attached hydrogens (tertiary/aromatic N) is 3. The summed E-state index contributed by atoms with van der Waals surface area (Å²) in [6.45, 7) is 3.63. The fraction of sp³-hybridized carbons (Fsp3) is 0.267. The van der Waals surface area contributed by atoms with E-state index in [0.717, 1.165) is 34.6 Å². The third-order valence-corrected chi connectivity index (χ3v) is 4.02. The predicted molar refractivity (Wildman–Crippen MR) is 86.0 cm³/mol. The first kappa shape index (κ1) is 13.8. The molecular weight excluding hydrogens is 284 g/mol. The summed E-state index contributed by atoms with van der Waals surface area (Å²) >= 11 is 1.37. The van der Waals surface area contributed by atoms with E-state index in [1.165, 1.54) is 11.5 Å². The van der Waals surface area contributed by atoms with Crippen molar-refractivity contribution in [3.8, 4) is 0 Å². The third kappa shape index (κ3) is 2.80. The number of benzene rings is 1. The molecule has 0 aliphatic rings. The maximum atomic E-state index is 11.9. The standard InChI is InChI=1S/C15H16N4OS/c1-2-8-16-15-12(17-18-21-15)10-19-9-7-14(20)11-5-3-4-6-13(11)19/h3-7,9,16H,2,8,10H2,1H3. The van der Waals surface area contributed by atoms with Crippen LogP contribution in [0, 0.1) is 0 Å². The molecular formula is C15H16N4OS. The smallest absolute Gasteiger partial charge is 0.189 e. The molecule has 0 aliphatic heterocycles. The van der Waals surface area contributed by atoms with Crippen LogP contribution in [0.5, 0.6) is 0 Å². The average Bonchev–Trinajstić information content (AvgIpc) is 2.95. The van der Waals surface area contributed by atoms with E-state index >= 15 is 0 Å². The van der Waals surface area contributed by atoms with Gasteiger partial charge in [-0.2, -0.15) is 0 Å². The second-order valence-corrected chi connectivity index (χ2v) is 5.55. The van der Waals surface area contributed by atoms with Gasteiger partial charge in [0.05, 0.1) is 12.1 Å². The molecule has 0 aliphatic carbocycles. The van der Waals surface area contributed by atoms with Crippen LogP contribution in [0.1, 0.15) is 19.0 Å². The largest absolute Gasteiger partial charge is 0.374 e. The van der Waals surface area contributed by atoms with E-state index in [2.05, 4.69) is 21.8 Å². The zero-order valence-electron chi connectivity index (χ0n) is 11.7. The minimum atomic E-state index is 0.0441. The summed E-state index contributed by atoms with van der Waals surface area (Å²) < 4.78 is 6.06. The van der Waals surface area contributed by atoms with Gasteiger partial charge in [0, 0.05) is 35.7 Å². The molecule has 2 heterocycles. The Morgan fingerprint density at radius 2 is 2.14 bits per heavy atom. The number of hydrogen-bond acceptors (Lipinski definition) is 5. The first-order valence-electron chi connectivity index (χ1n) is 6.93. The zero-order chi connectivity index (χ0) is 14.7. The van der Waals surface area contributed by atoms with Gasteiger partial charge in [-0.1, -0.05) is 23.5 Å². The molecule has 0 amide bonds. The van der Waals surface area contributed by atoms with Crippen molar-refractivity contribution < 1.29 is 0 Å². The van der Waals surface area contributed by atoms with Crippen molar-refractivity contribution in [1.29, 1.82) is 0 Å². The molecule has 5 nitrogen and oxygen atoms in total. The summed E-state index contributed by atoms with van der Waals surface area (Å²) in [4.78, 5) is 11.9. The van der Waals surface area contributed by atoms with Crippen LogP contribution in [0.25, 0.3) is 10.9 Å². The van der Waals surface area contributed by atoms with Crippen molar-refractivity contribution in [3.63, 3.8) is 0 Å². The van der Waals surface area contributed by atoms with Crippen LogP contribution in [0.3, 0.4) is 0 Å². The molecule has 0 spiro atoms. The van der Waals surface area contributed by atoms with Gasteiger partial charge in [0.25, 0.3) is 0 Å². The fourth-order valence-electron chi connectivity index (χ4n) is 2.24. The lowest BCUT2D eigenvalue weighted by atomic mass is 10.2. The van der Waals surface area contributed by atoms with Crippen LogP contribution in [0.2, 0.25) is 0 Å². The minimum absolute atomic E-state index is 0.0441. The SMILES string of the molecule is CCCNc1snnc1Cn1ccc(=O)c2ccccc21. The molecule has 3 rings (SSSR count). The Labute approximate surface area is 126 Å². The zero-order valence-corrected chi connectivity index (χ0v) is 12.6. The van der Waals surface area contributed by atoms with Crippen molar-refractivity contribution in [2.45, 2.75) is 19.9 Å². The second kappa shape index (κ2) is 6.05. The molecule has 2 aromatic heterocycles. The van der Waals surface area contributed by atoms with Crippen molar-refractivity contribution in [2.24, 2.45) is 0 Å². The highest BCUT2D eigenvalue weighted by atomic mass is 32.1. The van der Waals surface area contributed by atoms with Crippen LogP contribution in [0.4, 0.5) is 5.00 Å². The van der Waals surface area contributed by atoms with Gasteiger partial charge in [-0.15, -0.1) is 5.10 Å². The molecule has 0 bridgehead atoms. The highest BCUT2D eigenvalue weighted by Gasteiger charge is 2.09. The summed E-state index contributed by atoms with van der Waals surface area (Å²) in [5.74, 6) is 0. The van der Waals surface area contributed by atoms with E-state index in [0.29, 0.717) is 6.54 Å². The minimum Gasteiger partial charge on any atom is -0.374 e. The van der Waals surface area contributed by atoms with Gasteiger partial charge in [0.2, 0.25) is 0 Å².